The Balaban J connectivity index is 1.62. The van der Waals surface area contributed by atoms with Gasteiger partial charge < -0.3 is 4.74 Å². The predicted molar refractivity (Wildman–Crippen MR) is 135 cm³/mol. The second kappa shape index (κ2) is 10.0. The Morgan fingerprint density at radius 2 is 1.80 bits per heavy atom. The zero-order valence-electron chi connectivity index (χ0n) is 18.7. The van der Waals surface area contributed by atoms with Crippen LogP contribution in [0.4, 0.5) is 14.9 Å². The highest BCUT2D eigenvalue weighted by Crippen LogP contribution is 2.36. The maximum Gasteiger partial charge on any atom is 0.335 e. The maximum atomic E-state index is 13.9. The van der Waals surface area contributed by atoms with Gasteiger partial charge in [-0.15, -0.1) is 0 Å². The summed E-state index contributed by atoms with van der Waals surface area (Å²) in [7, 11) is 0. The number of hydrogen-bond acceptors (Lipinski definition) is 4. The van der Waals surface area contributed by atoms with E-state index in [1.54, 1.807) is 42.5 Å². The lowest BCUT2D eigenvalue weighted by molar-refractivity contribution is -0.122. The summed E-state index contributed by atoms with van der Waals surface area (Å²) in [5, 5.41) is 2.39. The first-order chi connectivity index (χ1) is 16.7. The summed E-state index contributed by atoms with van der Waals surface area (Å²) in [6.45, 7) is 3.74. The topological polar surface area (TPSA) is 75.7 Å². The summed E-state index contributed by atoms with van der Waals surface area (Å²) in [6, 6.07) is 13.7. The smallest absolute Gasteiger partial charge is 0.335 e. The van der Waals surface area contributed by atoms with Crippen LogP contribution in [-0.2, 0) is 16.2 Å². The molecule has 4 amide bonds. The second-order valence-corrected chi connectivity index (χ2v) is 9.18. The molecule has 9 heteroatoms. The highest BCUT2D eigenvalue weighted by Gasteiger charge is 2.37. The van der Waals surface area contributed by atoms with Gasteiger partial charge in [0.2, 0.25) is 0 Å². The van der Waals surface area contributed by atoms with Gasteiger partial charge in [-0.1, -0.05) is 35.9 Å². The van der Waals surface area contributed by atoms with Crippen molar-refractivity contribution in [2.75, 3.05) is 4.90 Å². The van der Waals surface area contributed by atoms with Crippen LogP contribution in [0.1, 0.15) is 22.3 Å². The molecule has 3 aromatic carbocycles. The number of rotatable bonds is 5. The van der Waals surface area contributed by atoms with Gasteiger partial charge in [0.15, 0.2) is 5.75 Å². The van der Waals surface area contributed by atoms with E-state index in [-0.39, 0.29) is 23.0 Å². The maximum absolute atomic E-state index is 13.9. The fourth-order valence-corrected chi connectivity index (χ4v) is 4.48. The number of ether oxygens (including phenoxy) is 1. The fourth-order valence-electron chi connectivity index (χ4n) is 3.49. The quantitative estimate of drug-likeness (QED) is 0.304. The third kappa shape index (κ3) is 5.13. The molecular weight excluding hydrogens is 539 g/mol. The van der Waals surface area contributed by atoms with Crippen LogP contribution in [0.15, 0.2) is 64.6 Å². The van der Waals surface area contributed by atoms with Gasteiger partial charge in [0.1, 0.15) is 18.0 Å². The number of nitrogens with one attached hydrogen (secondary N) is 1. The van der Waals surface area contributed by atoms with Crippen molar-refractivity contribution in [1.82, 2.24) is 5.32 Å². The van der Waals surface area contributed by atoms with Gasteiger partial charge in [-0.25, -0.2) is 14.1 Å². The fraction of sp³-hybridized carbons (Fsp3) is 0.115. The molecule has 1 N–H and O–H groups in total. The van der Waals surface area contributed by atoms with Gasteiger partial charge in [-0.05, 0) is 82.9 Å². The lowest BCUT2D eigenvalue weighted by Crippen LogP contribution is -2.54. The van der Waals surface area contributed by atoms with E-state index in [1.807, 2.05) is 13.8 Å². The van der Waals surface area contributed by atoms with Crippen molar-refractivity contribution < 1.29 is 23.5 Å². The molecule has 1 fully saturated rings. The number of imide groups is 2. The first-order valence-electron chi connectivity index (χ1n) is 10.5. The van der Waals surface area contributed by atoms with E-state index in [0.29, 0.717) is 21.3 Å². The predicted octanol–water partition coefficient (Wildman–Crippen LogP) is 6.10. The summed E-state index contributed by atoms with van der Waals surface area (Å²) >= 11 is 9.76. The van der Waals surface area contributed by atoms with Crippen molar-refractivity contribution >= 4 is 57.1 Å². The zero-order valence-corrected chi connectivity index (χ0v) is 21.0. The third-order valence-electron chi connectivity index (χ3n) is 5.51. The van der Waals surface area contributed by atoms with Crippen LogP contribution in [0.2, 0.25) is 5.02 Å². The number of benzene rings is 3. The Labute approximate surface area is 214 Å². The average Bonchev–Trinajstić information content (AvgIpc) is 2.79. The van der Waals surface area contributed by atoms with Gasteiger partial charge in [-0.3, -0.25) is 14.9 Å². The Morgan fingerprint density at radius 3 is 2.49 bits per heavy atom. The molecule has 3 aromatic rings. The molecule has 1 aliphatic rings. The number of hydrogen-bond donors (Lipinski definition) is 1. The number of urea groups is 1. The molecule has 4 rings (SSSR count). The van der Waals surface area contributed by atoms with E-state index in [9.17, 15) is 18.8 Å². The van der Waals surface area contributed by atoms with Crippen molar-refractivity contribution in [3.63, 3.8) is 0 Å². The molecule has 0 atom stereocenters. The molecule has 0 aliphatic carbocycles. The molecule has 0 unspecified atom stereocenters. The normalized spacial score (nSPS) is 14.9. The Morgan fingerprint density at radius 1 is 1.06 bits per heavy atom. The zero-order chi connectivity index (χ0) is 25.3. The average molecular weight is 558 g/mol. The van der Waals surface area contributed by atoms with E-state index in [0.717, 1.165) is 16.0 Å². The van der Waals surface area contributed by atoms with Crippen molar-refractivity contribution in [2.45, 2.75) is 20.5 Å². The summed E-state index contributed by atoms with van der Waals surface area (Å²) in [5.41, 5.74) is 2.81. The summed E-state index contributed by atoms with van der Waals surface area (Å²) in [6.07, 6.45) is 1.34. The van der Waals surface area contributed by atoms with Crippen LogP contribution in [0, 0.1) is 19.7 Å². The van der Waals surface area contributed by atoms with E-state index in [2.05, 4.69) is 21.2 Å². The Bertz CT molecular complexity index is 1380. The minimum atomic E-state index is -0.823. The number of carbonyl (C=O) groups is 3. The molecule has 0 radical (unpaired) electrons. The largest absolute Gasteiger partial charge is 0.486 e. The first-order valence-corrected chi connectivity index (χ1v) is 11.7. The lowest BCUT2D eigenvalue weighted by Gasteiger charge is -2.27. The molecule has 6 nitrogen and oxygen atoms in total. The Kier molecular flexibility index (Phi) is 7.05. The summed E-state index contributed by atoms with van der Waals surface area (Å²) in [4.78, 5) is 39.0. The molecule has 1 saturated heterocycles. The number of carbonyl (C=O) groups excluding carboxylic acids is 3. The van der Waals surface area contributed by atoms with Crippen LogP contribution < -0.4 is 15.0 Å². The van der Waals surface area contributed by atoms with E-state index in [1.165, 1.54) is 18.2 Å². The minimum absolute atomic E-state index is 0.0423. The SMILES string of the molecule is Cc1ccc(N2C(=O)NC(=O)/C(=C\c3cc(Cl)c(OCc4ccccc4F)c(Br)c3)C2=O)cc1C. The second-order valence-electron chi connectivity index (χ2n) is 7.92. The van der Waals surface area contributed by atoms with Crippen LogP contribution in [0.3, 0.4) is 0 Å². The van der Waals surface area contributed by atoms with Crippen molar-refractivity contribution in [2.24, 2.45) is 0 Å². The van der Waals surface area contributed by atoms with Gasteiger partial charge in [-0.2, -0.15) is 0 Å². The first kappa shape index (κ1) is 24.6. The molecular formula is C26H19BrClFN2O4. The highest BCUT2D eigenvalue weighted by atomic mass is 79.9. The minimum Gasteiger partial charge on any atom is -0.486 e. The Hall–Kier alpha value is -3.49. The monoisotopic (exact) mass is 556 g/mol. The number of amides is 4. The molecule has 1 heterocycles. The number of halogens is 3. The molecule has 35 heavy (non-hydrogen) atoms. The van der Waals surface area contributed by atoms with E-state index < -0.39 is 23.7 Å². The molecule has 0 bridgehead atoms. The van der Waals surface area contributed by atoms with Crippen LogP contribution in [0.25, 0.3) is 6.08 Å². The molecule has 0 spiro atoms. The van der Waals surface area contributed by atoms with Crippen molar-refractivity contribution in [3.05, 3.63) is 97.7 Å². The van der Waals surface area contributed by atoms with Crippen LogP contribution in [0.5, 0.6) is 5.75 Å². The number of barbiturate groups is 1. The third-order valence-corrected chi connectivity index (χ3v) is 6.38. The number of nitrogens with zero attached hydrogens (tertiary/aromatic N) is 1. The molecule has 1 aliphatic heterocycles. The summed E-state index contributed by atoms with van der Waals surface area (Å²) in [5.74, 6) is -1.68. The summed E-state index contributed by atoms with van der Waals surface area (Å²) < 4.78 is 20.0. The number of aryl methyl sites for hydroxylation is 2. The van der Waals surface area contributed by atoms with Crippen molar-refractivity contribution in [1.29, 1.82) is 0 Å². The molecule has 0 saturated carbocycles. The standard InChI is InChI=1S/C26H19BrClFN2O4/c1-14-7-8-18(9-15(14)2)31-25(33)19(24(32)30-26(31)34)10-16-11-20(27)23(21(28)12-16)35-13-17-5-3-4-6-22(17)29/h3-12H,13H2,1-2H3,(H,30,32,34)/b19-10+. The molecule has 178 valence electrons. The van der Waals surface area contributed by atoms with Crippen LogP contribution in [-0.4, -0.2) is 17.8 Å². The highest BCUT2D eigenvalue weighted by molar-refractivity contribution is 9.10. The van der Waals surface area contributed by atoms with Gasteiger partial charge >= 0.3 is 6.03 Å². The van der Waals surface area contributed by atoms with Crippen LogP contribution >= 0.6 is 27.5 Å². The lowest BCUT2D eigenvalue weighted by atomic mass is 10.0. The molecule has 0 aromatic heterocycles. The van der Waals surface area contributed by atoms with Gasteiger partial charge in [0.05, 0.1) is 15.2 Å². The van der Waals surface area contributed by atoms with E-state index >= 15 is 0 Å². The van der Waals surface area contributed by atoms with Gasteiger partial charge in [0, 0.05) is 5.56 Å². The van der Waals surface area contributed by atoms with E-state index in [4.69, 9.17) is 16.3 Å². The van der Waals surface area contributed by atoms with Gasteiger partial charge in [0.25, 0.3) is 11.8 Å². The van der Waals surface area contributed by atoms with Crippen molar-refractivity contribution in [3.8, 4) is 5.75 Å². The number of anilines is 1.